The van der Waals surface area contributed by atoms with Gasteiger partial charge < -0.3 is 13.7 Å². The normalized spacial score (nSPS) is 11.8. The molecule has 0 aliphatic rings. The molecule has 0 amide bonds. The molecule has 0 N–H and O–H groups in total. The Labute approximate surface area is 279 Å². The van der Waals surface area contributed by atoms with Crippen molar-refractivity contribution in [3.63, 3.8) is 0 Å². The average molecular weight is 635 g/mol. The van der Waals surface area contributed by atoms with Crippen LogP contribution in [0.2, 0.25) is 0 Å². The molecule has 0 unspecified atom stereocenters. The first-order chi connectivity index (χ1) is 23.8. The molecular weight excluding hydrogens is 609 g/mol. The van der Waals surface area contributed by atoms with Crippen molar-refractivity contribution in [3.8, 4) is 22.6 Å². The molecule has 0 saturated carbocycles. The summed E-state index contributed by atoms with van der Waals surface area (Å²) in [6.45, 7) is 0. The Balaban J connectivity index is 1.16. The van der Waals surface area contributed by atoms with Gasteiger partial charge in [-0.05, 0) is 77.9 Å². The highest BCUT2D eigenvalue weighted by Crippen LogP contribution is 2.43. The Morgan fingerprint density at radius 3 is 1.96 bits per heavy atom. The summed E-state index contributed by atoms with van der Waals surface area (Å²) in [4.78, 5) is 7.26. The molecule has 0 radical (unpaired) electrons. The number of benzene rings is 7. The van der Waals surface area contributed by atoms with Gasteiger partial charge in [0.05, 0.1) is 5.39 Å². The maximum atomic E-state index is 6.53. The highest BCUT2D eigenvalue weighted by Gasteiger charge is 2.20. The van der Waals surface area contributed by atoms with Crippen molar-refractivity contribution in [2.24, 2.45) is 0 Å². The van der Waals surface area contributed by atoms with Crippen molar-refractivity contribution in [1.82, 2.24) is 4.98 Å². The molecule has 0 aliphatic carbocycles. The molecule has 3 heterocycles. The van der Waals surface area contributed by atoms with Crippen molar-refractivity contribution in [2.75, 3.05) is 4.90 Å². The molecule has 5 heteroatoms. The largest absolute Gasteiger partial charge is 0.456 e. The first-order valence-corrected chi connectivity index (χ1v) is 16.8. The zero-order chi connectivity index (χ0) is 31.6. The molecule has 0 aliphatic heterocycles. The number of hydrogen-bond acceptors (Lipinski definition) is 5. The summed E-state index contributed by atoms with van der Waals surface area (Å²) in [7, 11) is 0. The molecule has 0 spiro atoms. The van der Waals surface area contributed by atoms with Crippen LogP contribution in [0.4, 0.5) is 17.1 Å². The van der Waals surface area contributed by atoms with Gasteiger partial charge in [0.1, 0.15) is 16.7 Å². The minimum Gasteiger partial charge on any atom is -0.456 e. The predicted molar refractivity (Wildman–Crippen MR) is 200 cm³/mol. The number of oxazole rings is 1. The van der Waals surface area contributed by atoms with Crippen molar-refractivity contribution in [3.05, 3.63) is 158 Å². The Morgan fingerprint density at radius 2 is 1.10 bits per heavy atom. The van der Waals surface area contributed by atoms with E-state index >= 15 is 0 Å². The number of hydrogen-bond donors (Lipinski definition) is 0. The summed E-state index contributed by atoms with van der Waals surface area (Å²) in [5.41, 5.74) is 9.57. The third-order valence-corrected chi connectivity index (χ3v) is 10.2. The zero-order valence-corrected chi connectivity index (χ0v) is 26.4. The molecule has 226 valence electrons. The van der Waals surface area contributed by atoms with E-state index in [1.807, 2.05) is 53.8 Å². The summed E-state index contributed by atoms with van der Waals surface area (Å²) >= 11 is 1.83. The lowest BCUT2D eigenvalue weighted by atomic mass is 10.0. The number of rotatable bonds is 5. The summed E-state index contributed by atoms with van der Waals surface area (Å²) < 4.78 is 15.3. The van der Waals surface area contributed by atoms with E-state index in [0.29, 0.717) is 5.89 Å². The number of nitrogens with zero attached hydrogens (tertiary/aromatic N) is 2. The highest BCUT2D eigenvalue weighted by molar-refractivity contribution is 7.25. The van der Waals surface area contributed by atoms with Crippen LogP contribution in [-0.2, 0) is 0 Å². The standard InChI is InChI=1S/C43H26N2O2S/c1-3-10-27(11-4-1)29-14-9-15-30(24-29)45(32-18-20-34-33-16-7-8-17-39(33)48-40(34)26-32)31-19-21-35-38(25-31)46-36-22-23-37-42(41(35)36)44-43(47-37)28-12-5-2-6-13-28/h1-26H. The fourth-order valence-corrected chi connectivity index (χ4v) is 7.98. The van der Waals surface area contributed by atoms with E-state index < -0.39 is 0 Å². The second kappa shape index (κ2) is 10.7. The van der Waals surface area contributed by atoms with Crippen molar-refractivity contribution in [1.29, 1.82) is 0 Å². The lowest BCUT2D eigenvalue weighted by molar-refractivity contribution is 0.619. The molecule has 3 aromatic heterocycles. The van der Waals surface area contributed by atoms with Gasteiger partial charge in [0.15, 0.2) is 5.58 Å². The molecule has 0 saturated heterocycles. The van der Waals surface area contributed by atoms with Gasteiger partial charge in [0.25, 0.3) is 0 Å². The third-order valence-electron chi connectivity index (χ3n) is 9.09. The van der Waals surface area contributed by atoms with E-state index in [9.17, 15) is 0 Å². The smallest absolute Gasteiger partial charge is 0.227 e. The van der Waals surface area contributed by atoms with Crippen LogP contribution in [0.15, 0.2) is 167 Å². The van der Waals surface area contributed by atoms with Crippen LogP contribution in [0.1, 0.15) is 0 Å². The van der Waals surface area contributed by atoms with E-state index in [0.717, 1.165) is 61.2 Å². The minimum absolute atomic E-state index is 0.602. The number of thiophene rings is 1. The maximum absolute atomic E-state index is 6.53. The van der Waals surface area contributed by atoms with Gasteiger partial charge >= 0.3 is 0 Å². The van der Waals surface area contributed by atoms with Crippen LogP contribution in [0.5, 0.6) is 0 Å². The molecule has 7 aromatic carbocycles. The van der Waals surface area contributed by atoms with Gasteiger partial charge in [-0.2, -0.15) is 0 Å². The van der Waals surface area contributed by atoms with E-state index in [2.05, 4.69) is 120 Å². The second-order valence-corrected chi connectivity index (χ2v) is 13.1. The molecule has 10 aromatic rings. The second-order valence-electron chi connectivity index (χ2n) is 12.0. The minimum atomic E-state index is 0.602. The van der Waals surface area contributed by atoms with Gasteiger partial charge in [-0.3, -0.25) is 0 Å². The molecule has 0 fully saturated rings. The van der Waals surface area contributed by atoms with Crippen LogP contribution in [0, 0.1) is 0 Å². The van der Waals surface area contributed by atoms with E-state index in [1.165, 1.54) is 25.7 Å². The Bertz CT molecular complexity index is 2790. The van der Waals surface area contributed by atoms with E-state index in [-0.39, 0.29) is 0 Å². The quantitative estimate of drug-likeness (QED) is 0.189. The van der Waals surface area contributed by atoms with Gasteiger partial charge in [-0.15, -0.1) is 11.3 Å². The van der Waals surface area contributed by atoms with Crippen molar-refractivity contribution in [2.45, 2.75) is 0 Å². The molecule has 0 bridgehead atoms. The fourth-order valence-electron chi connectivity index (χ4n) is 6.84. The summed E-state index contributed by atoms with van der Waals surface area (Å²) in [5.74, 6) is 0.602. The predicted octanol–water partition coefficient (Wildman–Crippen LogP) is 12.9. The Kier molecular flexibility index (Phi) is 6.01. The molecule has 0 atom stereocenters. The topological polar surface area (TPSA) is 42.4 Å². The number of fused-ring (bicyclic) bond motifs is 8. The van der Waals surface area contributed by atoms with E-state index in [4.69, 9.17) is 13.8 Å². The average Bonchev–Trinajstić information content (AvgIpc) is 3.85. The van der Waals surface area contributed by atoms with Gasteiger partial charge in [0.2, 0.25) is 5.89 Å². The highest BCUT2D eigenvalue weighted by atomic mass is 32.1. The summed E-state index contributed by atoms with van der Waals surface area (Å²) in [6.07, 6.45) is 0. The number of aromatic nitrogens is 1. The molecule has 10 rings (SSSR count). The van der Waals surface area contributed by atoms with Crippen LogP contribution < -0.4 is 4.90 Å². The lowest BCUT2D eigenvalue weighted by Gasteiger charge is -2.26. The summed E-state index contributed by atoms with van der Waals surface area (Å²) in [6, 6.07) is 55.1. The SMILES string of the molecule is c1ccc(-c2cccc(N(c3ccc4c(c3)oc3ccc5oc(-c6ccccc6)nc5c34)c3ccc4c(c3)sc3ccccc34)c2)cc1. The monoisotopic (exact) mass is 634 g/mol. The maximum Gasteiger partial charge on any atom is 0.227 e. The van der Waals surface area contributed by atoms with Crippen LogP contribution in [0.3, 0.4) is 0 Å². The molecular formula is C43H26N2O2S. The zero-order valence-electron chi connectivity index (χ0n) is 25.6. The van der Waals surface area contributed by atoms with Crippen LogP contribution in [-0.4, -0.2) is 4.98 Å². The number of anilines is 3. The van der Waals surface area contributed by atoms with Crippen LogP contribution in [0.25, 0.3) is 75.8 Å². The third kappa shape index (κ3) is 4.33. The molecule has 48 heavy (non-hydrogen) atoms. The Hall–Kier alpha value is -6.17. The fraction of sp³-hybridized carbons (Fsp3) is 0. The van der Waals surface area contributed by atoms with Crippen molar-refractivity contribution < 1.29 is 8.83 Å². The van der Waals surface area contributed by atoms with Crippen molar-refractivity contribution >= 4 is 81.6 Å². The van der Waals surface area contributed by atoms with Crippen LogP contribution >= 0.6 is 11.3 Å². The Morgan fingerprint density at radius 1 is 0.438 bits per heavy atom. The first-order valence-electron chi connectivity index (χ1n) is 15.9. The number of furan rings is 1. The first kappa shape index (κ1) is 27.0. The summed E-state index contributed by atoms with van der Waals surface area (Å²) in [5, 5.41) is 4.53. The molecule has 4 nitrogen and oxygen atoms in total. The van der Waals surface area contributed by atoms with Gasteiger partial charge in [-0.1, -0.05) is 84.9 Å². The lowest BCUT2D eigenvalue weighted by Crippen LogP contribution is -2.09. The van der Waals surface area contributed by atoms with Gasteiger partial charge in [-0.25, -0.2) is 4.98 Å². The van der Waals surface area contributed by atoms with E-state index in [1.54, 1.807) is 0 Å². The van der Waals surface area contributed by atoms with Gasteiger partial charge in [0, 0.05) is 54.3 Å².